The molecule has 0 aliphatic carbocycles. The van der Waals surface area contributed by atoms with Crippen LogP contribution in [0.5, 0.6) is 5.75 Å². The van der Waals surface area contributed by atoms with Crippen LogP contribution in [0.15, 0.2) is 18.2 Å². The third kappa shape index (κ3) is 4.57. The molecule has 0 bridgehead atoms. The highest BCUT2D eigenvalue weighted by molar-refractivity contribution is 5.72. The summed E-state index contributed by atoms with van der Waals surface area (Å²) in [5.41, 5.74) is 6.75. The van der Waals surface area contributed by atoms with Crippen LogP contribution in [-0.4, -0.2) is 40.6 Å². The maximum atomic E-state index is 11.2. The molecule has 1 saturated heterocycles. The Morgan fingerprint density at radius 3 is 2.70 bits per heavy atom. The van der Waals surface area contributed by atoms with E-state index < -0.39 is 30.4 Å². The lowest BCUT2D eigenvalue weighted by atomic mass is 10.0. The van der Waals surface area contributed by atoms with Gasteiger partial charge in [-0.2, -0.15) is 0 Å². The SMILES string of the molecule is CC(=O)OC1CC(Oc2ccc(CO)cc2N)OC(C(=O)O)C1. The van der Waals surface area contributed by atoms with Gasteiger partial charge in [-0.25, -0.2) is 4.79 Å². The maximum absolute atomic E-state index is 11.2. The fraction of sp³-hybridized carbons (Fsp3) is 0.467. The van der Waals surface area contributed by atoms with Gasteiger partial charge in [-0.1, -0.05) is 6.07 Å². The zero-order valence-corrected chi connectivity index (χ0v) is 12.6. The lowest BCUT2D eigenvalue weighted by Crippen LogP contribution is -2.43. The lowest BCUT2D eigenvalue weighted by Gasteiger charge is -2.33. The molecule has 2 rings (SSSR count). The highest BCUT2D eigenvalue weighted by Gasteiger charge is 2.36. The van der Waals surface area contributed by atoms with Crippen LogP contribution in [0.3, 0.4) is 0 Å². The summed E-state index contributed by atoms with van der Waals surface area (Å²) in [5.74, 6) is -1.34. The molecule has 23 heavy (non-hydrogen) atoms. The molecular formula is C15H19NO7. The molecule has 1 aliphatic rings. The number of benzene rings is 1. The normalized spacial score (nSPS) is 24.0. The quantitative estimate of drug-likeness (QED) is 0.532. The third-order valence-electron chi connectivity index (χ3n) is 3.37. The van der Waals surface area contributed by atoms with E-state index in [4.69, 9.17) is 30.2 Å². The second kappa shape index (κ2) is 7.30. The molecule has 0 aromatic heterocycles. The Morgan fingerprint density at radius 2 is 2.13 bits per heavy atom. The average Bonchev–Trinajstić information content (AvgIpc) is 2.48. The molecule has 0 spiro atoms. The van der Waals surface area contributed by atoms with Gasteiger partial charge in [0, 0.05) is 19.8 Å². The Hall–Kier alpha value is -2.32. The summed E-state index contributed by atoms with van der Waals surface area (Å²) in [7, 11) is 0. The van der Waals surface area contributed by atoms with E-state index in [1.54, 1.807) is 18.2 Å². The molecule has 1 aliphatic heterocycles. The van der Waals surface area contributed by atoms with Crippen LogP contribution < -0.4 is 10.5 Å². The first-order chi connectivity index (χ1) is 10.9. The van der Waals surface area contributed by atoms with Gasteiger partial charge in [0.2, 0.25) is 6.29 Å². The van der Waals surface area contributed by atoms with Crippen molar-refractivity contribution >= 4 is 17.6 Å². The number of carbonyl (C=O) groups excluding carboxylic acids is 1. The molecule has 3 atom stereocenters. The van der Waals surface area contributed by atoms with E-state index in [1.165, 1.54) is 6.92 Å². The smallest absolute Gasteiger partial charge is 0.333 e. The Labute approximate surface area is 132 Å². The summed E-state index contributed by atoms with van der Waals surface area (Å²) in [5, 5.41) is 18.2. The average molecular weight is 325 g/mol. The van der Waals surface area contributed by atoms with Gasteiger partial charge in [-0.15, -0.1) is 0 Å². The van der Waals surface area contributed by atoms with E-state index >= 15 is 0 Å². The molecule has 1 aromatic carbocycles. The van der Waals surface area contributed by atoms with E-state index in [9.17, 15) is 9.59 Å². The van der Waals surface area contributed by atoms with Crippen LogP contribution in [0.2, 0.25) is 0 Å². The number of aliphatic hydroxyl groups excluding tert-OH is 1. The highest BCUT2D eigenvalue weighted by atomic mass is 16.7. The number of nitrogen functional groups attached to an aromatic ring is 1. The van der Waals surface area contributed by atoms with Crippen molar-refractivity contribution in [3.63, 3.8) is 0 Å². The first-order valence-corrected chi connectivity index (χ1v) is 7.10. The number of hydrogen-bond donors (Lipinski definition) is 3. The van der Waals surface area contributed by atoms with Gasteiger partial charge in [-0.3, -0.25) is 4.79 Å². The molecule has 8 nitrogen and oxygen atoms in total. The van der Waals surface area contributed by atoms with E-state index in [2.05, 4.69) is 0 Å². The molecule has 0 amide bonds. The number of anilines is 1. The number of rotatable bonds is 5. The monoisotopic (exact) mass is 325 g/mol. The Morgan fingerprint density at radius 1 is 1.39 bits per heavy atom. The number of aliphatic hydroxyl groups is 1. The topological polar surface area (TPSA) is 128 Å². The van der Waals surface area contributed by atoms with Gasteiger partial charge >= 0.3 is 11.9 Å². The number of carboxylic acids is 1. The first-order valence-electron chi connectivity index (χ1n) is 7.10. The van der Waals surface area contributed by atoms with Gasteiger partial charge in [0.1, 0.15) is 11.9 Å². The molecule has 3 unspecified atom stereocenters. The summed E-state index contributed by atoms with van der Waals surface area (Å²) in [4.78, 5) is 22.2. The number of hydrogen-bond acceptors (Lipinski definition) is 7. The number of ether oxygens (including phenoxy) is 3. The molecule has 1 heterocycles. The molecule has 8 heteroatoms. The fourth-order valence-electron chi connectivity index (χ4n) is 2.36. The van der Waals surface area contributed by atoms with E-state index in [0.29, 0.717) is 17.0 Å². The Kier molecular flexibility index (Phi) is 5.41. The van der Waals surface area contributed by atoms with Crippen molar-refractivity contribution < 1.29 is 34.0 Å². The van der Waals surface area contributed by atoms with Crippen LogP contribution in [0.1, 0.15) is 25.3 Å². The molecule has 0 radical (unpaired) electrons. The predicted octanol–water partition coefficient (Wildman–Crippen LogP) is 0.661. The van der Waals surface area contributed by atoms with E-state index in [1.807, 2.05) is 0 Å². The second-order valence-corrected chi connectivity index (χ2v) is 5.24. The van der Waals surface area contributed by atoms with Crippen molar-refractivity contribution in [2.24, 2.45) is 0 Å². The van der Waals surface area contributed by atoms with Crippen molar-refractivity contribution in [2.45, 2.75) is 44.9 Å². The van der Waals surface area contributed by atoms with Crippen molar-refractivity contribution in [3.05, 3.63) is 23.8 Å². The molecule has 1 fully saturated rings. The highest BCUT2D eigenvalue weighted by Crippen LogP contribution is 2.29. The van der Waals surface area contributed by atoms with Crippen molar-refractivity contribution in [3.8, 4) is 5.75 Å². The minimum atomic E-state index is -1.15. The van der Waals surface area contributed by atoms with Crippen LogP contribution in [0.25, 0.3) is 0 Å². The number of nitrogens with two attached hydrogens (primary N) is 1. The van der Waals surface area contributed by atoms with Gasteiger partial charge < -0.3 is 30.2 Å². The largest absolute Gasteiger partial charge is 0.479 e. The van der Waals surface area contributed by atoms with Crippen LogP contribution in [0, 0.1) is 0 Å². The lowest BCUT2D eigenvalue weighted by molar-refractivity contribution is -0.202. The first kappa shape index (κ1) is 17.0. The zero-order valence-electron chi connectivity index (χ0n) is 12.6. The number of carboxylic acid groups (broad SMARTS) is 1. The number of esters is 1. The third-order valence-corrected chi connectivity index (χ3v) is 3.37. The summed E-state index contributed by atoms with van der Waals surface area (Å²) in [6, 6.07) is 4.75. The molecular weight excluding hydrogens is 306 g/mol. The predicted molar refractivity (Wildman–Crippen MR) is 78.5 cm³/mol. The molecule has 4 N–H and O–H groups in total. The van der Waals surface area contributed by atoms with Crippen LogP contribution >= 0.6 is 0 Å². The molecule has 126 valence electrons. The molecule has 1 aromatic rings. The maximum Gasteiger partial charge on any atom is 0.333 e. The zero-order chi connectivity index (χ0) is 17.0. The minimum absolute atomic E-state index is 0.0632. The van der Waals surface area contributed by atoms with Gasteiger partial charge in [0.05, 0.1) is 12.3 Å². The fourth-order valence-corrected chi connectivity index (χ4v) is 2.36. The number of carbonyl (C=O) groups is 2. The summed E-state index contributed by atoms with van der Waals surface area (Å²) < 4.78 is 16.0. The second-order valence-electron chi connectivity index (χ2n) is 5.24. The summed E-state index contributed by atoms with van der Waals surface area (Å²) in [6.07, 6.45) is -2.38. The van der Waals surface area contributed by atoms with Crippen molar-refractivity contribution in [2.75, 3.05) is 5.73 Å². The van der Waals surface area contributed by atoms with Gasteiger partial charge in [0.25, 0.3) is 0 Å². The minimum Gasteiger partial charge on any atom is -0.479 e. The van der Waals surface area contributed by atoms with Crippen molar-refractivity contribution in [1.29, 1.82) is 0 Å². The van der Waals surface area contributed by atoms with Gasteiger partial charge in [0.15, 0.2) is 6.10 Å². The Bertz CT molecular complexity index is 589. The summed E-state index contributed by atoms with van der Waals surface area (Å²) >= 11 is 0. The summed E-state index contributed by atoms with van der Waals surface area (Å²) in [6.45, 7) is 1.10. The van der Waals surface area contributed by atoms with E-state index in [0.717, 1.165) is 0 Å². The van der Waals surface area contributed by atoms with Crippen LogP contribution in [-0.2, 0) is 25.7 Å². The number of aliphatic carboxylic acids is 1. The van der Waals surface area contributed by atoms with Crippen molar-refractivity contribution in [1.82, 2.24) is 0 Å². The van der Waals surface area contributed by atoms with E-state index in [-0.39, 0.29) is 19.4 Å². The molecule has 0 saturated carbocycles. The van der Waals surface area contributed by atoms with Gasteiger partial charge in [-0.05, 0) is 17.7 Å². The standard InChI is InChI=1S/C15H19NO7/c1-8(18)21-10-5-13(15(19)20)23-14(6-10)22-12-3-2-9(7-17)4-11(12)16/h2-4,10,13-14,17H,5-7,16H2,1H3,(H,19,20). The van der Waals surface area contributed by atoms with Crippen LogP contribution in [0.4, 0.5) is 5.69 Å². The Balaban J connectivity index is 2.10.